The van der Waals surface area contributed by atoms with Crippen LogP contribution in [-0.4, -0.2) is 71.7 Å². The summed E-state index contributed by atoms with van der Waals surface area (Å²) in [4.78, 5) is 25.3. The number of ether oxygens (including phenoxy) is 3. The molecule has 0 spiro atoms. The van der Waals surface area contributed by atoms with Gasteiger partial charge in [0.05, 0.1) is 61.4 Å². The van der Waals surface area contributed by atoms with Gasteiger partial charge < -0.3 is 29.7 Å². The van der Waals surface area contributed by atoms with Gasteiger partial charge in [-0.2, -0.15) is 10.1 Å². The van der Waals surface area contributed by atoms with Crippen molar-refractivity contribution in [2.24, 2.45) is 18.0 Å². The number of hydrogen-bond donors (Lipinski definition) is 2. The van der Waals surface area contributed by atoms with E-state index in [1.807, 2.05) is 14.0 Å². The van der Waals surface area contributed by atoms with E-state index in [0.717, 1.165) is 41.2 Å². The van der Waals surface area contributed by atoms with Crippen LogP contribution in [0.15, 0.2) is 41.5 Å². The van der Waals surface area contributed by atoms with E-state index in [9.17, 15) is 4.79 Å². The summed E-state index contributed by atoms with van der Waals surface area (Å²) in [5, 5.41) is 11.4. The molecule has 11 heteroatoms. The highest BCUT2D eigenvalue weighted by Crippen LogP contribution is 2.44. The van der Waals surface area contributed by atoms with Crippen LogP contribution in [0, 0.1) is 12.8 Å². The van der Waals surface area contributed by atoms with Crippen molar-refractivity contribution in [1.29, 1.82) is 0 Å². The molecule has 41 heavy (non-hydrogen) atoms. The van der Waals surface area contributed by atoms with E-state index in [2.05, 4.69) is 48.8 Å². The lowest BCUT2D eigenvalue weighted by molar-refractivity contribution is -0.0818. The van der Waals surface area contributed by atoms with Crippen molar-refractivity contribution in [3.63, 3.8) is 0 Å². The summed E-state index contributed by atoms with van der Waals surface area (Å²) in [5.41, 5.74) is 5.56. The molecule has 2 N–H and O–H groups in total. The number of carbonyl (C=O) groups excluding carboxylic acids is 1. The third-order valence-electron chi connectivity index (χ3n) is 8.10. The third kappa shape index (κ3) is 5.27. The summed E-state index contributed by atoms with van der Waals surface area (Å²) in [6, 6.07) is 10.0. The number of fused-ring (bicyclic) bond motifs is 7. The second-order valence-corrected chi connectivity index (χ2v) is 11.2. The number of amides is 1. The number of hydrogen-bond acceptors (Lipinski definition) is 9. The second kappa shape index (κ2) is 10.8. The average molecular weight is 558 g/mol. The van der Waals surface area contributed by atoms with E-state index in [0.29, 0.717) is 62.0 Å². The van der Waals surface area contributed by atoms with E-state index >= 15 is 0 Å². The second-order valence-electron chi connectivity index (χ2n) is 11.2. The molecule has 2 bridgehead atoms. The molecular formula is C30H35N7O4. The highest BCUT2D eigenvalue weighted by molar-refractivity contribution is 6.19. The highest BCUT2D eigenvalue weighted by atomic mass is 16.6. The van der Waals surface area contributed by atoms with Crippen molar-refractivity contribution in [3.05, 3.63) is 47.8 Å². The van der Waals surface area contributed by atoms with Gasteiger partial charge in [0, 0.05) is 36.6 Å². The Balaban J connectivity index is 1.24. The number of aromatic nitrogens is 3. The molecule has 5 heterocycles. The summed E-state index contributed by atoms with van der Waals surface area (Å²) in [6.45, 7) is 4.96. The molecule has 1 saturated carbocycles. The quantitative estimate of drug-likeness (QED) is 0.491. The molecule has 1 aliphatic carbocycles. The number of benzene rings is 1. The fraction of sp³-hybridized carbons (Fsp3) is 0.467. The van der Waals surface area contributed by atoms with Crippen LogP contribution in [0.4, 0.5) is 17.1 Å². The summed E-state index contributed by atoms with van der Waals surface area (Å²) >= 11 is 0. The number of nitrogens with zero attached hydrogens (tertiary/aromatic N) is 5. The molecule has 2 atom stereocenters. The first-order chi connectivity index (χ1) is 20.0. The van der Waals surface area contributed by atoms with Gasteiger partial charge in [-0.1, -0.05) is 0 Å². The number of guanidine groups is 1. The summed E-state index contributed by atoms with van der Waals surface area (Å²) in [5.74, 6) is 1.45. The molecule has 1 aromatic carbocycles. The molecule has 7 rings (SSSR count). The Labute approximate surface area is 238 Å². The molecule has 1 saturated heterocycles. The Kier molecular flexibility index (Phi) is 6.83. The minimum atomic E-state index is -0.317. The number of carbonyl (C=O) groups is 1. The maximum atomic E-state index is 13.7. The standard InChI is InChI=1S/C30H35N7O4/c1-18-12-20-13-24(33-18)23-16-32-36(2)29(23)41-9-3-4-26(19-5-6-19)37-27-8-7-21(31-15-22-17-39-10-11-40-22)14-25(27)34-30(37)35-28(20)38/h7-8,12-14,16,19,22,26,31H,3-6,9-11,15,17H2,1-2H3,(H,34,35,38)/t22-,26?/m0/s1. The number of pyridine rings is 1. The van der Waals surface area contributed by atoms with E-state index in [1.165, 1.54) is 12.8 Å². The van der Waals surface area contributed by atoms with Gasteiger partial charge >= 0.3 is 0 Å². The molecule has 1 amide bonds. The molecule has 3 aliphatic heterocycles. The minimum absolute atomic E-state index is 0.0240. The van der Waals surface area contributed by atoms with E-state index in [-0.39, 0.29) is 18.1 Å². The zero-order valence-electron chi connectivity index (χ0n) is 23.4. The maximum absolute atomic E-state index is 13.7. The Morgan fingerprint density at radius 3 is 2.85 bits per heavy atom. The molecule has 4 aliphatic rings. The molecule has 2 fully saturated rings. The van der Waals surface area contributed by atoms with E-state index in [4.69, 9.17) is 14.2 Å². The third-order valence-corrected chi connectivity index (χ3v) is 8.10. The normalized spacial score (nSPS) is 23.7. The van der Waals surface area contributed by atoms with Crippen molar-refractivity contribution in [3.8, 4) is 17.1 Å². The topological polar surface area (TPSA) is 115 Å². The lowest BCUT2D eigenvalue weighted by Crippen LogP contribution is -2.42. The number of rotatable bonds is 4. The van der Waals surface area contributed by atoms with Gasteiger partial charge in [-0.3, -0.25) is 9.78 Å². The van der Waals surface area contributed by atoms with Gasteiger partial charge in [0.25, 0.3) is 5.91 Å². The van der Waals surface area contributed by atoms with Crippen LogP contribution in [0.1, 0.15) is 41.7 Å². The van der Waals surface area contributed by atoms with Gasteiger partial charge in [-0.05, 0) is 68.9 Å². The van der Waals surface area contributed by atoms with Gasteiger partial charge in [-0.25, -0.2) is 4.68 Å². The average Bonchev–Trinajstić information content (AvgIpc) is 3.67. The SMILES string of the molecule is Cc1cc2cc(n1)-c1cnn(C)c1OCCCC(C1CC1)N1/C(=N/C2=O)Nc2cc(NC[C@H]3COCCO3)ccc21. The summed E-state index contributed by atoms with van der Waals surface area (Å²) in [6.07, 6.45) is 5.87. The van der Waals surface area contributed by atoms with Gasteiger partial charge in [0.2, 0.25) is 11.8 Å². The van der Waals surface area contributed by atoms with Crippen LogP contribution in [0.2, 0.25) is 0 Å². The predicted molar refractivity (Wildman–Crippen MR) is 156 cm³/mol. The van der Waals surface area contributed by atoms with Crippen LogP contribution < -0.4 is 20.3 Å². The molecule has 1 unspecified atom stereocenters. The molecule has 2 aromatic heterocycles. The smallest absolute Gasteiger partial charge is 0.280 e. The van der Waals surface area contributed by atoms with Crippen LogP contribution >= 0.6 is 0 Å². The number of aryl methyl sites for hydroxylation is 2. The minimum Gasteiger partial charge on any atom is -0.477 e. The lowest BCUT2D eigenvalue weighted by Gasteiger charge is -2.30. The number of anilines is 3. The first-order valence-corrected chi connectivity index (χ1v) is 14.4. The molecule has 3 aromatic rings. The molecule has 11 nitrogen and oxygen atoms in total. The molecule has 214 valence electrons. The first kappa shape index (κ1) is 26.0. The first-order valence-electron chi connectivity index (χ1n) is 14.4. The molecule has 0 radical (unpaired) electrons. The van der Waals surface area contributed by atoms with Gasteiger partial charge in [-0.15, -0.1) is 0 Å². The van der Waals surface area contributed by atoms with E-state index < -0.39 is 0 Å². The summed E-state index contributed by atoms with van der Waals surface area (Å²) < 4.78 is 19.3. The fourth-order valence-corrected chi connectivity index (χ4v) is 5.94. The number of nitrogens with one attached hydrogen (secondary N) is 2. The monoisotopic (exact) mass is 557 g/mol. The predicted octanol–water partition coefficient (Wildman–Crippen LogP) is 4.00. The fourth-order valence-electron chi connectivity index (χ4n) is 5.94. The number of aliphatic imine (C=N–C) groups is 1. The van der Waals surface area contributed by atoms with Crippen LogP contribution in [-0.2, 0) is 16.5 Å². The van der Waals surface area contributed by atoms with Gasteiger partial charge in [0.1, 0.15) is 0 Å². The lowest BCUT2D eigenvalue weighted by atomic mass is 10.0. The van der Waals surface area contributed by atoms with E-state index in [1.54, 1.807) is 23.0 Å². The van der Waals surface area contributed by atoms with Crippen molar-refractivity contribution in [1.82, 2.24) is 14.8 Å². The van der Waals surface area contributed by atoms with Crippen LogP contribution in [0.5, 0.6) is 5.88 Å². The Morgan fingerprint density at radius 1 is 1.12 bits per heavy atom. The largest absolute Gasteiger partial charge is 0.477 e. The van der Waals surface area contributed by atoms with Crippen molar-refractivity contribution in [2.75, 3.05) is 48.5 Å². The Hall–Kier alpha value is -3.96. The maximum Gasteiger partial charge on any atom is 0.280 e. The van der Waals surface area contributed by atoms with Gasteiger partial charge in [0.15, 0.2) is 0 Å². The van der Waals surface area contributed by atoms with Crippen LogP contribution in [0.25, 0.3) is 11.3 Å². The van der Waals surface area contributed by atoms with Crippen LogP contribution in [0.3, 0.4) is 0 Å². The Bertz CT molecular complexity index is 1490. The molecular weight excluding hydrogens is 522 g/mol. The van der Waals surface area contributed by atoms with Crippen molar-refractivity contribution >= 4 is 28.9 Å². The van der Waals surface area contributed by atoms with Crippen molar-refractivity contribution in [2.45, 2.75) is 44.8 Å². The summed E-state index contributed by atoms with van der Waals surface area (Å²) in [7, 11) is 1.86. The van der Waals surface area contributed by atoms with Crippen molar-refractivity contribution < 1.29 is 19.0 Å². The zero-order chi connectivity index (χ0) is 27.9. The highest BCUT2D eigenvalue weighted by Gasteiger charge is 2.41. The zero-order valence-corrected chi connectivity index (χ0v) is 23.4. The Morgan fingerprint density at radius 2 is 2.02 bits per heavy atom.